The molecule has 21 heavy (non-hydrogen) atoms. The van der Waals surface area contributed by atoms with Gasteiger partial charge in [0.25, 0.3) is 0 Å². The number of piperidine rings is 1. The molecule has 0 spiro atoms. The average Bonchev–Trinajstić information content (AvgIpc) is 2.96. The van der Waals surface area contributed by atoms with Gasteiger partial charge in [-0.15, -0.1) is 0 Å². The zero-order valence-electron chi connectivity index (χ0n) is 12.7. The Labute approximate surface area is 127 Å². The van der Waals surface area contributed by atoms with Gasteiger partial charge in [-0.2, -0.15) is 9.40 Å². The van der Waals surface area contributed by atoms with E-state index in [0.29, 0.717) is 37.0 Å². The van der Waals surface area contributed by atoms with Crippen LogP contribution < -0.4 is 5.73 Å². The molecule has 0 aromatic carbocycles. The Kier molecular flexibility index (Phi) is 5.78. The summed E-state index contributed by atoms with van der Waals surface area (Å²) in [5.74, 6) is 0.675. The van der Waals surface area contributed by atoms with E-state index in [1.54, 1.807) is 15.2 Å². The zero-order chi connectivity index (χ0) is 15.3. The number of aryl methyl sites for hydroxylation is 1. The lowest BCUT2D eigenvalue weighted by Gasteiger charge is -2.30. The normalized spacial score (nSPS) is 18.2. The quantitative estimate of drug-likeness (QED) is 0.825. The van der Waals surface area contributed by atoms with Gasteiger partial charge in [0, 0.05) is 25.8 Å². The molecule has 0 unspecified atom stereocenters. The molecular weight excluding hydrogens is 288 g/mol. The molecule has 0 radical (unpaired) electrons. The molecule has 1 saturated heterocycles. The molecule has 2 heterocycles. The molecule has 2 rings (SSSR count). The Morgan fingerprint density at radius 2 is 2.10 bits per heavy atom. The van der Waals surface area contributed by atoms with Gasteiger partial charge in [0.1, 0.15) is 4.90 Å². The summed E-state index contributed by atoms with van der Waals surface area (Å²) in [4.78, 5) is 0.300. The molecule has 1 aromatic heterocycles. The lowest BCUT2D eigenvalue weighted by atomic mass is 9.94. The van der Waals surface area contributed by atoms with Crippen molar-refractivity contribution >= 4 is 10.0 Å². The Morgan fingerprint density at radius 1 is 1.38 bits per heavy atom. The average molecular weight is 314 g/mol. The predicted molar refractivity (Wildman–Crippen MR) is 82.3 cm³/mol. The van der Waals surface area contributed by atoms with Gasteiger partial charge < -0.3 is 5.73 Å². The molecule has 0 bridgehead atoms. The van der Waals surface area contributed by atoms with Gasteiger partial charge in [0.15, 0.2) is 0 Å². The van der Waals surface area contributed by atoms with Crippen molar-refractivity contribution in [1.29, 1.82) is 0 Å². The second kappa shape index (κ2) is 7.38. The molecule has 0 aliphatic carbocycles. The van der Waals surface area contributed by atoms with Crippen molar-refractivity contribution in [3.63, 3.8) is 0 Å². The van der Waals surface area contributed by atoms with E-state index in [4.69, 9.17) is 5.73 Å². The SMILES string of the molecule is CCCC1CCN(S(=O)(=O)c2cnn(CCCN)c2)CC1. The number of aromatic nitrogens is 2. The summed E-state index contributed by atoms with van der Waals surface area (Å²) in [6, 6.07) is 0. The minimum Gasteiger partial charge on any atom is -0.330 e. The predicted octanol–water partition coefficient (Wildman–Crippen LogP) is 1.43. The van der Waals surface area contributed by atoms with Crippen molar-refractivity contribution in [3.05, 3.63) is 12.4 Å². The van der Waals surface area contributed by atoms with Gasteiger partial charge in [-0.05, 0) is 31.7 Å². The Bertz CT molecular complexity index is 533. The first-order valence-electron chi connectivity index (χ1n) is 7.80. The molecule has 1 fully saturated rings. The van der Waals surface area contributed by atoms with Crippen LogP contribution >= 0.6 is 0 Å². The smallest absolute Gasteiger partial charge is 0.246 e. The van der Waals surface area contributed by atoms with Crippen molar-refractivity contribution in [1.82, 2.24) is 14.1 Å². The molecule has 6 nitrogen and oxygen atoms in total. The van der Waals surface area contributed by atoms with Crippen LogP contribution in [0, 0.1) is 5.92 Å². The Morgan fingerprint density at radius 3 is 2.71 bits per heavy atom. The van der Waals surface area contributed by atoms with E-state index in [9.17, 15) is 8.42 Å². The van der Waals surface area contributed by atoms with Crippen LogP contribution in [0.1, 0.15) is 39.0 Å². The fourth-order valence-electron chi connectivity index (χ4n) is 2.85. The molecule has 1 aromatic rings. The number of nitrogens with two attached hydrogens (primary N) is 1. The third-order valence-corrected chi connectivity index (χ3v) is 5.96. The molecule has 0 atom stereocenters. The van der Waals surface area contributed by atoms with Gasteiger partial charge in [0.05, 0.1) is 6.20 Å². The highest BCUT2D eigenvalue weighted by Crippen LogP contribution is 2.26. The third kappa shape index (κ3) is 4.05. The molecule has 7 heteroatoms. The summed E-state index contributed by atoms with van der Waals surface area (Å²) >= 11 is 0. The van der Waals surface area contributed by atoms with Crippen LogP contribution in [0.25, 0.3) is 0 Å². The summed E-state index contributed by atoms with van der Waals surface area (Å²) in [7, 11) is -3.39. The maximum absolute atomic E-state index is 12.6. The number of hydrogen-bond acceptors (Lipinski definition) is 4. The lowest BCUT2D eigenvalue weighted by molar-refractivity contribution is 0.262. The first-order chi connectivity index (χ1) is 10.1. The maximum Gasteiger partial charge on any atom is 0.246 e. The minimum absolute atomic E-state index is 0.300. The highest BCUT2D eigenvalue weighted by Gasteiger charge is 2.29. The van der Waals surface area contributed by atoms with E-state index in [1.165, 1.54) is 19.0 Å². The van der Waals surface area contributed by atoms with E-state index in [1.807, 2.05) is 0 Å². The number of nitrogens with zero attached hydrogens (tertiary/aromatic N) is 3. The number of rotatable bonds is 7. The standard InChI is InChI=1S/C14H26N4O2S/c1-2-4-13-5-9-18(10-6-13)21(19,20)14-11-16-17(12-14)8-3-7-15/h11-13H,2-10,15H2,1H3. The van der Waals surface area contributed by atoms with Crippen LogP contribution in [0.5, 0.6) is 0 Å². The van der Waals surface area contributed by atoms with E-state index in [0.717, 1.165) is 19.3 Å². The fourth-order valence-corrected chi connectivity index (χ4v) is 4.27. The Hall–Kier alpha value is -0.920. The van der Waals surface area contributed by atoms with Crippen LogP contribution in [0.15, 0.2) is 17.3 Å². The molecule has 0 saturated carbocycles. The molecular formula is C14H26N4O2S. The molecule has 2 N–H and O–H groups in total. The summed E-state index contributed by atoms with van der Waals surface area (Å²) < 4.78 is 28.4. The topological polar surface area (TPSA) is 81.2 Å². The van der Waals surface area contributed by atoms with Crippen molar-refractivity contribution in [2.75, 3.05) is 19.6 Å². The van der Waals surface area contributed by atoms with E-state index < -0.39 is 10.0 Å². The van der Waals surface area contributed by atoms with Gasteiger partial charge in [-0.3, -0.25) is 4.68 Å². The van der Waals surface area contributed by atoms with Crippen molar-refractivity contribution in [3.8, 4) is 0 Å². The van der Waals surface area contributed by atoms with Crippen LogP contribution in [-0.4, -0.2) is 42.1 Å². The van der Waals surface area contributed by atoms with Gasteiger partial charge in [-0.25, -0.2) is 8.42 Å². The summed E-state index contributed by atoms with van der Waals surface area (Å²) in [6.07, 6.45) is 8.16. The molecule has 1 aliphatic rings. The molecule has 120 valence electrons. The Balaban J connectivity index is 2.00. The first-order valence-corrected chi connectivity index (χ1v) is 9.24. The largest absolute Gasteiger partial charge is 0.330 e. The van der Waals surface area contributed by atoms with Gasteiger partial charge in [0.2, 0.25) is 10.0 Å². The second-order valence-electron chi connectivity index (χ2n) is 5.72. The number of hydrogen-bond donors (Lipinski definition) is 1. The highest BCUT2D eigenvalue weighted by molar-refractivity contribution is 7.89. The van der Waals surface area contributed by atoms with Crippen molar-refractivity contribution in [2.45, 2.75) is 50.5 Å². The van der Waals surface area contributed by atoms with E-state index in [-0.39, 0.29) is 0 Å². The van der Waals surface area contributed by atoms with Crippen LogP contribution in [0.4, 0.5) is 0 Å². The monoisotopic (exact) mass is 314 g/mol. The van der Waals surface area contributed by atoms with E-state index >= 15 is 0 Å². The molecule has 0 amide bonds. The van der Waals surface area contributed by atoms with Crippen LogP contribution in [-0.2, 0) is 16.6 Å². The first kappa shape index (κ1) is 16.5. The lowest BCUT2D eigenvalue weighted by Crippen LogP contribution is -2.38. The third-order valence-electron chi connectivity index (χ3n) is 4.11. The summed E-state index contributed by atoms with van der Waals surface area (Å²) in [6.45, 7) is 4.66. The zero-order valence-corrected chi connectivity index (χ0v) is 13.6. The maximum atomic E-state index is 12.6. The van der Waals surface area contributed by atoms with Gasteiger partial charge in [-0.1, -0.05) is 19.8 Å². The summed E-state index contributed by atoms with van der Waals surface area (Å²) in [5, 5.41) is 4.11. The van der Waals surface area contributed by atoms with Crippen molar-refractivity contribution in [2.24, 2.45) is 11.7 Å². The second-order valence-corrected chi connectivity index (χ2v) is 7.66. The van der Waals surface area contributed by atoms with Crippen LogP contribution in [0.3, 0.4) is 0 Å². The highest BCUT2D eigenvalue weighted by atomic mass is 32.2. The fraction of sp³-hybridized carbons (Fsp3) is 0.786. The molecule has 1 aliphatic heterocycles. The summed E-state index contributed by atoms with van der Waals surface area (Å²) in [5.41, 5.74) is 5.46. The minimum atomic E-state index is -3.39. The number of sulfonamides is 1. The van der Waals surface area contributed by atoms with Gasteiger partial charge >= 0.3 is 0 Å². The van der Waals surface area contributed by atoms with Crippen LogP contribution in [0.2, 0.25) is 0 Å². The van der Waals surface area contributed by atoms with E-state index in [2.05, 4.69) is 12.0 Å². The van der Waals surface area contributed by atoms with Crippen molar-refractivity contribution < 1.29 is 8.42 Å².